The summed E-state index contributed by atoms with van der Waals surface area (Å²) in [5.74, 6) is -1.63. The molecular weight excluding hydrogens is 483 g/mol. The van der Waals surface area contributed by atoms with Crippen molar-refractivity contribution in [2.75, 3.05) is 11.9 Å². The average molecular weight is 504 g/mol. The van der Waals surface area contributed by atoms with E-state index < -0.39 is 30.2 Å². The number of hydrogen-bond donors (Lipinski definition) is 1. The first-order valence-corrected chi connectivity index (χ1v) is 11.0. The minimum Gasteiger partial charge on any atom is -0.457 e. The van der Waals surface area contributed by atoms with Gasteiger partial charge in [0.25, 0.3) is 0 Å². The Kier molecular flexibility index (Phi) is 8.65. The van der Waals surface area contributed by atoms with Gasteiger partial charge in [0.05, 0.1) is 16.3 Å². The van der Waals surface area contributed by atoms with Gasteiger partial charge in [-0.1, -0.05) is 66.2 Å². The molecule has 9 heteroatoms. The third-order valence-corrected chi connectivity index (χ3v) is 5.36. The molecule has 5 nitrogen and oxygen atoms in total. The van der Waals surface area contributed by atoms with Crippen molar-refractivity contribution in [3.05, 3.63) is 88.9 Å². The zero-order chi connectivity index (χ0) is 25.4. The third-order valence-electron chi connectivity index (χ3n) is 5.03. The fraction of sp³-hybridized carbons (Fsp3) is 0.192. The highest BCUT2D eigenvalue weighted by Gasteiger charge is 2.31. The van der Waals surface area contributed by atoms with Crippen LogP contribution in [0.25, 0.3) is 11.1 Å². The number of ether oxygens (including phenoxy) is 1. The number of ketones is 1. The van der Waals surface area contributed by atoms with Gasteiger partial charge in [-0.15, -0.1) is 0 Å². The lowest BCUT2D eigenvalue weighted by atomic mass is 10.0. The maximum absolute atomic E-state index is 12.8. The molecule has 0 spiro atoms. The molecule has 0 heterocycles. The Balaban J connectivity index is 1.41. The lowest BCUT2D eigenvalue weighted by Crippen LogP contribution is -2.16. The second kappa shape index (κ2) is 11.7. The number of benzene rings is 3. The van der Waals surface area contributed by atoms with Gasteiger partial charge in [-0.25, -0.2) is 0 Å². The van der Waals surface area contributed by atoms with E-state index in [0.717, 1.165) is 29.3 Å². The molecule has 0 aliphatic carbocycles. The van der Waals surface area contributed by atoms with Crippen LogP contribution in [0.5, 0.6) is 0 Å². The second-order valence-electron chi connectivity index (χ2n) is 7.62. The molecule has 0 aliphatic rings. The molecule has 0 bridgehead atoms. The second-order valence-corrected chi connectivity index (χ2v) is 8.03. The maximum atomic E-state index is 12.8. The third kappa shape index (κ3) is 7.68. The topological polar surface area (TPSA) is 72.5 Å². The number of halogens is 4. The van der Waals surface area contributed by atoms with Crippen molar-refractivity contribution in [1.29, 1.82) is 0 Å². The minimum atomic E-state index is -4.57. The van der Waals surface area contributed by atoms with Crippen molar-refractivity contribution < 1.29 is 32.3 Å². The van der Waals surface area contributed by atoms with Crippen molar-refractivity contribution in [3.8, 4) is 11.1 Å². The van der Waals surface area contributed by atoms with E-state index in [2.05, 4.69) is 5.32 Å². The van der Waals surface area contributed by atoms with Crippen molar-refractivity contribution in [2.45, 2.75) is 25.4 Å². The Bertz CT molecular complexity index is 1200. The molecular formula is C26H21ClF3NO4. The fourth-order valence-electron chi connectivity index (χ4n) is 3.18. The first-order chi connectivity index (χ1) is 16.6. The predicted octanol–water partition coefficient (Wildman–Crippen LogP) is 6.56. The molecule has 0 saturated heterocycles. The van der Waals surface area contributed by atoms with Gasteiger partial charge in [-0.3, -0.25) is 14.4 Å². The Morgan fingerprint density at radius 2 is 1.51 bits per heavy atom. The van der Waals surface area contributed by atoms with E-state index >= 15 is 0 Å². The van der Waals surface area contributed by atoms with Gasteiger partial charge in [-0.05, 0) is 35.7 Å². The largest absolute Gasteiger partial charge is 0.457 e. The summed E-state index contributed by atoms with van der Waals surface area (Å²) in [4.78, 5) is 36.2. The molecule has 0 radical (unpaired) electrons. The van der Waals surface area contributed by atoms with Gasteiger partial charge >= 0.3 is 12.1 Å². The monoisotopic (exact) mass is 503 g/mol. The first-order valence-electron chi connectivity index (χ1n) is 10.6. The number of hydrogen-bond acceptors (Lipinski definition) is 4. The van der Waals surface area contributed by atoms with Crippen molar-refractivity contribution in [1.82, 2.24) is 0 Å². The molecule has 3 rings (SSSR count). The summed E-state index contributed by atoms with van der Waals surface area (Å²) in [5.41, 5.74) is 1.24. The Morgan fingerprint density at radius 3 is 2.17 bits per heavy atom. The number of amides is 1. The smallest absolute Gasteiger partial charge is 0.416 e. The van der Waals surface area contributed by atoms with Crippen LogP contribution in [0.1, 0.15) is 35.2 Å². The highest BCUT2D eigenvalue weighted by molar-refractivity contribution is 6.33. The van der Waals surface area contributed by atoms with Crippen molar-refractivity contribution in [3.63, 3.8) is 0 Å². The number of carbonyl (C=O) groups is 3. The lowest BCUT2D eigenvalue weighted by Gasteiger charge is -2.11. The molecule has 182 valence electrons. The molecule has 1 amide bonds. The molecule has 0 aliphatic heterocycles. The van der Waals surface area contributed by atoms with Crippen LogP contribution in [0.3, 0.4) is 0 Å². The van der Waals surface area contributed by atoms with Gasteiger partial charge < -0.3 is 10.1 Å². The molecule has 3 aromatic rings. The van der Waals surface area contributed by atoms with E-state index in [1.807, 2.05) is 30.3 Å². The summed E-state index contributed by atoms with van der Waals surface area (Å²) >= 11 is 5.85. The summed E-state index contributed by atoms with van der Waals surface area (Å²) in [6.07, 6.45) is -4.77. The molecule has 1 N–H and O–H groups in total. The standard InChI is InChI=1S/C26H21ClF3NO4/c27-21-14-13-20(26(28,29)30)15-22(21)31-24(33)7-4-8-25(34)35-16-23(32)19-11-9-18(10-12-19)17-5-2-1-3-6-17/h1-3,5-6,9-15H,4,7-8,16H2,(H,31,33). The zero-order valence-corrected chi connectivity index (χ0v) is 19.2. The molecule has 0 fully saturated rings. The summed E-state index contributed by atoms with van der Waals surface area (Å²) in [6, 6.07) is 19.2. The molecule has 35 heavy (non-hydrogen) atoms. The highest BCUT2D eigenvalue weighted by atomic mass is 35.5. The van der Waals surface area contributed by atoms with E-state index in [9.17, 15) is 27.6 Å². The zero-order valence-electron chi connectivity index (χ0n) is 18.4. The van der Waals surface area contributed by atoms with Crippen LogP contribution < -0.4 is 5.32 Å². The number of nitrogens with one attached hydrogen (secondary N) is 1. The van der Waals surface area contributed by atoms with E-state index in [0.29, 0.717) is 5.56 Å². The summed E-state index contributed by atoms with van der Waals surface area (Å²) in [7, 11) is 0. The fourth-order valence-corrected chi connectivity index (χ4v) is 3.35. The normalized spacial score (nSPS) is 11.1. The molecule has 0 unspecified atom stereocenters. The van der Waals surface area contributed by atoms with E-state index in [1.165, 1.54) is 0 Å². The van der Waals surface area contributed by atoms with Crippen LogP contribution in [0.2, 0.25) is 5.02 Å². The first kappa shape index (κ1) is 26.0. The number of rotatable bonds is 9. The van der Waals surface area contributed by atoms with Gasteiger partial charge in [0.15, 0.2) is 12.4 Å². The van der Waals surface area contributed by atoms with E-state index in [-0.39, 0.29) is 35.8 Å². The quantitative estimate of drug-likeness (QED) is 0.265. The van der Waals surface area contributed by atoms with Crippen molar-refractivity contribution in [2.24, 2.45) is 0 Å². The van der Waals surface area contributed by atoms with Crippen LogP contribution in [-0.2, 0) is 20.5 Å². The number of Topliss-reactive ketones (excluding diaryl/α,β-unsaturated/α-hetero) is 1. The van der Waals surface area contributed by atoms with Crippen molar-refractivity contribution >= 4 is 34.9 Å². The number of anilines is 1. The van der Waals surface area contributed by atoms with Gasteiger partial charge in [-0.2, -0.15) is 13.2 Å². The number of alkyl halides is 3. The predicted molar refractivity (Wildman–Crippen MR) is 126 cm³/mol. The van der Waals surface area contributed by atoms with Gasteiger partial charge in [0, 0.05) is 18.4 Å². The average Bonchev–Trinajstić information content (AvgIpc) is 2.84. The molecule has 3 aromatic carbocycles. The minimum absolute atomic E-state index is 0.0407. The lowest BCUT2D eigenvalue weighted by molar-refractivity contribution is -0.142. The molecule has 0 saturated carbocycles. The van der Waals surface area contributed by atoms with Crippen LogP contribution in [0, 0.1) is 0 Å². The van der Waals surface area contributed by atoms with Crippen LogP contribution in [-0.4, -0.2) is 24.3 Å². The Morgan fingerprint density at radius 1 is 0.857 bits per heavy atom. The Labute approximate surface area is 204 Å². The number of carbonyl (C=O) groups excluding carboxylic acids is 3. The summed E-state index contributed by atoms with van der Waals surface area (Å²) in [6.45, 7) is -0.435. The number of esters is 1. The van der Waals surface area contributed by atoms with Crippen LogP contribution in [0.15, 0.2) is 72.8 Å². The Hall–Kier alpha value is -3.65. The van der Waals surface area contributed by atoms with Crippen LogP contribution in [0.4, 0.5) is 18.9 Å². The van der Waals surface area contributed by atoms with Gasteiger partial charge in [0.2, 0.25) is 5.91 Å². The maximum Gasteiger partial charge on any atom is 0.416 e. The van der Waals surface area contributed by atoms with Gasteiger partial charge in [0.1, 0.15) is 0 Å². The SMILES string of the molecule is O=C(CCCC(=O)OCC(=O)c1ccc(-c2ccccc2)cc1)Nc1cc(C(F)(F)F)ccc1Cl. The van der Waals surface area contributed by atoms with E-state index in [4.69, 9.17) is 16.3 Å². The van der Waals surface area contributed by atoms with E-state index in [1.54, 1.807) is 24.3 Å². The summed E-state index contributed by atoms with van der Waals surface area (Å²) < 4.78 is 43.4. The summed E-state index contributed by atoms with van der Waals surface area (Å²) in [5, 5.41) is 2.27. The molecule has 0 aromatic heterocycles. The van der Waals surface area contributed by atoms with Crippen LogP contribution >= 0.6 is 11.6 Å². The molecule has 0 atom stereocenters. The highest BCUT2D eigenvalue weighted by Crippen LogP contribution is 2.33.